The first-order chi connectivity index (χ1) is 9.52. The van der Waals surface area contributed by atoms with Crippen LogP contribution in [0.4, 0.5) is 0 Å². The Morgan fingerprint density at radius 3 is 1.50 bits per heavy atom. The van der Waals surface area contributed by atoms with Gasteiger partial charge in [-0.05, 0) is 15.4 Å². The van der Waals surface area contributed by atoms with Crippen molar-refractivity contribution in [1.29, 1.82) is 0 Å². The van der Waals surface area contributed by atoms with E-state index < -0.39 is 8.32 Å². The minimum absolute atomic E-state index is 0.0265. The fraction of sp³-hybridized carbons (Fsp3) is 0.294. The highest BCUT2D eigenvalue weighted by molar-refractivity contribution is 6.99. The predicted molar refractivity (Wildman–Crippen MR) is 87.8 cm³/mol. The molecule has 0 fully saturated rings. The molecule has 2 rings (SSSR count). The fourth-order valence-corrected chi connectivity index (χ4v) is 7.04. The molecule has 20 heavy (non-hydrogen) atoms. The lowest BCUT2D eigenvalue weighted by Gasteiger charge is -2.41. The number of nitrogens with one attached hydrogen (secondary N) is 1. The second kappa shape index (κ2) is 5.91. The van der Waals surface area contributed by atoms with Crippen molar-refractivity contribution in [2.24, 2.45) is 0 Å². The molecule has 0 saturated heterocycles. The Kier molecular flexibility index (Phi) is 4.43. The normalized spacial score (nSPS) is 12.4. The second-order valence-corrected chi connectivity index (χ2v) is 10.2. The van der Waals surface area contributed by atoms with Crippen LogP contribution in [-0.4, -0.2) is 15.4 Å². The summed E-state index contributed by atoms with van der Waals surface area (Å²) in [6.45, 7) is 6.78. The predicted octanol–water partition coefficient (Wildman–Crippen LogP) is 2.70. The Morgan fingerprint density at radius 2 is 1.20 bits per heavy atom. The van der Waals surface area contributed by atoms with Gasteiger partial charge in [-0.1, -0.05) is 81.4 Å². The van der Waals surface area contributed by atoms with Crippen LogP contribution in [0, 0.1) is 0 Å². The average molecular weight is 285 g/mol. The molecule has 0 saturated carbocycles. The van der Waals surface area contributed by atoms with Gasteiger partial charge in [0, 0.05) is 7.05 Å². The van der Waals surface area contributed by atoms with E-state index in [1.54, 1.807) is 0 Å². The lowest BCUT2D eigenvalue weighted by molar-refractivity contribution is 0.207. The molecule has 2 aromatic rings. The first kappa shape index (κ1) is 15.0. The van der Waals surface area contributed by atoms with Crippen LogP contribution in [0.2, 0.25) is 5.04 Å². The third-order valence-electron chi connectivity index (χ3n) is 3.67. The first-order valence-corrected chi connectivity index (χ1v) is 8.89. The molecule has 0 aliphatic rings. The van der Waals surface area contributed by atoms with Gasteiger partial charge in [-0.3, -0.25) is 0 Å². The summed E-state index contributed by atoms with van der Waals surface area (Å²) in [7, 11) is -0.514. The molecule has 0 heterocycles. The van der Waals surface area contributed by atoms with Crippen molar-refractivity contribution in [3.63, 3.8) is 0 Å². The van der Waals surface area contributed by atoms with E-state index in [4.69, 9.17) is 4.53 Å². The molecule has 0 amide bonds. The lowest BCUT2D eigenvalue weighted by atomic mass is 10.2. The van der Waals surface area contributed by atoms with Crippen molar-refractivity contribution in [2.75, 3.05) is 7.05 Å². The molecule has 2 aromatic carbocycles. The molecule has 0 atom stereocenters. The zero-order valence-electron chi connectivity index (χ0n) is 12.7. The summed E-state index contributed by atoms with van der Waals surface area (Å²) in [6.07, 6.45) is 0. The highest BCUT2D eigenvalue weighted by atomic mass is 28.4. The van der Waals surface area contributed by atoms with Gasteiger partial charge in [0.15, 0.2) is 0 Å². The summed E-state index contributed by atoms with van der Waals surface area (Å²) >= 11 is 0. The maximum absolute atomic E-state index is 6.26. The monoisotopic (exact) mass is 285 g/mol. The van der Waals surface area contributed by atoms with E-state index in [9.17, 15) is 0 Å². The van der Waals surface area contributed by atoms with Gasteiger partial charge in [0.05, 0.1) is 0 Å². The molecule has 0 unspecified atom stereocenters. The van der Waals surface area contributed by atoms with Crippen molar-refractivity contribution in [3.8, 4) is 0 Å². The Bertz CT molecular complexity index is 494. The zero-order chi connectivity index (χ0) is 14.6. The second-order valence-electron chi connectivity index (χ2n) is 5.97. The number of hydrogen-bond acceptors (Lipinski definition) is 2. The van der Waals surface area contributed by atoms with Crippen molar-refractivity contribution < 1.29 is 4.53 Å². The molecule has 0 spiro atoms. The molecule has 0 radical (unpaired) electrons. The van der Waals surface area contributed by atoms with E-state index in [0.29, 0.717) is 0 Å². The van der Waals surface area contributed by atoms with Gasteiger partial charge in [0.25, 0.3) is 8.32 Å². The minimum atomic E-state index is -2.36. The largest absolute Gasteiger partial charge is 0.334 e. The molecule has 0 aromatic heterocycles. The summed E-state index contributed by atoms with van der Waals surface area (Å²) in [5.41, 5.74) is 2.97. The van der Waals surface area contributed by atoms with E-state index in [0.717, 1.165) is 0 Å². The Hall–Kier alpha value is -1.42. The minimum Gasteiger partial charge on any atom is -0.334 e. The Morgan fingerprint density at radius 1 is 0.800 bits per heavy atom. The molecular weight excluding hydrogens is 262 g/mol. The molecule has 0 aliphatic heterocycles. The van der Waals surface area contributed by atoms with Crippen molar-refractivity contribution in [2.45, 2.75) is 25.8 Å². The maximum Gasteiger partial charge on any atom is 0.287 e. The van der Waals surface area contributed by atoms with Gasteiger partial charge in [0.1, 0.15) is 0 Å². The smallest absolute Gasteiger partial charge is 0.287 e. The molecule has 0 bridgehead atoms. The Balaban J connectivity index is 2.70. The number of hydroxylamine groups is 1. The van der Waals surface area contributed by atoms with Crippen LogP contribution in [0.1, 0.15) is 20.8 Å². The van der Waals surface area contributed by atoms with Gasteiger partial charge in [0.2, 0.25) is 0 Å². The number of rotatable bonds is 4. The highest BCUT2D eigenvalue weighted by Crippen LogP contribution is 2.35. The van der Waals surface area contributed by atoms with Gasteiger partial charge >= 0.3 is 0 Å². The van der Waals surface area contributed by atoms with E-state index in [-0.39, 0.29) is 5.04 Å². The van der Waals surface area contributed by atoms with Gasteiger partial charge in [-0.2, -0.15) is 0 Å². The van der Waals surface area contributed by atoms with Crippen LogP contribution in [0.25, 0.3) is 0 Å². The summed E-state index contributed by atoms with van der Waals surface area (Å²) in [4.78, 5) is 0. The van der Waals surface area contributed by atoms with Crippen molar-refractivity contribution >= 4 is 18.7 Å². The standard InChI is InChI=1S/C17H23NOSi/c1-17(2,3)20(19-18-4,15-11-7-5-8-12-15)16-13-9-6-10-14-16/h5-14,18H,1-4H3. The Labute approximate surface area is 122 Å². The van der Waals surface area contributed by atoms with E-state index in [1.165, 1.54) is 10.4 Å². The van der Waals surface area contributed by atoms with Crippen LogP contribution in [-0.2, 0) is 4.53 Å². The topological polar surface area (TPSA) is 21.3 Å². The molecule has 106 valence electrons. The van der Waals surface area contributed by atoms with Gasteiger partial charge in [-0.15, -0.1) is 0 Å². The van der Waals surface area contributed by atoms with Crippen LogP contribution in [0.3, 0.4) is 0 Å². The lowest BCUT2D eigenvalue weighted by Crippen LogP contribution is -2.68. The summed E-state index contributed by atoms with van der Waals surface area (Å²) < 4.78 is 6.26. The average Bonchev–Trinajstić information content (AvgIpc) is 2.45. The van der Waals surface area contributed by atoms with Gasteiger partial charge in [-0.25, -0.2) is 5.48 Å². The highest BCUT2D eigenvalue weighted by Gasteiger charge is 2.50. The molecule has 2 nitrogen and oxygen atoms in total. The van der Waals surface area contributed by atoms with Crippen LogP contribution in [0.15, 0.2) is 60.7 Å². The third kappa shape index (κ3) is 2.57. The van der Waals surface area contributed by atoms with E-state index in [2.05, 4.69) is 86.9 Å². The number of hydrogen-bond donors (Lipinski definition) is 1. The van der Waals surface area contributed by atoms with Crippen molar-refractivity contribution in [1.82, 2.24) is 5.48 Å². The molecule has 3 heteroatoms. The SMILES string of the molecule is CNO[Si](c1ccccc1)(c1ccccc1)C(C)(C)C. The summed E-state index contributed by atoms with van der Waals surface area (Å²) in [6, 6.07) is 21.2. The quantitative estimate of drug-likeness (QED) is 0.689. The number of benzene rings is 2. The maximum atomic E-state index is 6.26. The zero-order valence-corrected chi connectivity index (χ0v) is 13.7. The molecule has 0 aliphatic carbocycles. The summed E-state index contributed by atoms with van der Waals surface area (Å²) in [5, 5.41) is 2.60. The van der Waals surface area contributed by atoms with Crippen molar-refractivity contribution in [3.05, 3.63) is 60.7 Å². The van der Waals surface area contributed by atoms with Crippen LogP contribution in [0.5, 0.6) is 0 Å². The third-order valence-corrected chi connectivity index (χ3v) is 8.59. The fourth-order valence-electron chi connectivity index (χ4n) is 2.80. The van der Waals surface area contributed by atoms with Crippen LogP contribution < -0.4 is 15.9 Å². The molecule has 1 N–H and O–H groups in total. The van der Waals surface area contributed by atoms with E-state index >= 15 is 0 Å². The van der Waals surface area contributed by atoms with Crippen LogP contribution >= 0.6 is 0 Å². The van der Waals surface area contributed by atoms with Gasteiger partial charge < -0.3 is 4.53 Å². The van der Waals surface area contributed by atoms with E-state index in [1.807, 2.05) is 7.05 Å². The first-order valence-electron chi connectivity index (χ1n) is 6.98. The molecular formula is C17H23NOSi. The summed E-state index contributed by atoms with van der Waals surface area (Å²) in [5.74, 6) is 0.